The second kappa shape index (κ2) is 7.61. The number of nitrogens with one attached hydrogen (secondary N) is 1. The molecule has 2 atom stereocenters. The molecule has 2 aromatic carbocycles. The van der Waals surface area contributed by atoms with Gasteiger partial charge in [-0.1, -0.05) is 30.3 Å². The molecule has 0 saturated heterocycles. The third kappa shape index (κ3) is 3.54. The van der Waals surface area contributed by atoms with E-state index in [9.17, 15) is 9.59 Å². The third-order valence-corrected chi connectivity index (χ3v) is 6.68. The second-order valence-corrected chi connectivity index (χ2v) is 8.94. The molecule has 1 N–H and O–H groups in total. The smallest absolute Gasteiger partial charge is 0.253 e. The van der Waals surface area contributed by atoms with Crippen molar-refractivity contribution in [2.45, 2.75) is 18.5 Å². The van der Waals surface area contributed by atoms with Crippen LogP contribution in [-0.2, 0) is 11.2 Å². The number of likely N-dealkylation sites (N-methyl/N-ethyl adjacent to an activating group) is 1. The van der Waals surface area contributed by atoms with Crippen LogP contribution in [0.3, 0.4) is 0 Å². The lowest BCUT2D eigenvalue weighted by Gasteiger charge is -2.32. The number of carbonyl (C=O) groups is 2. The van der Waals surface area contributed by atoms with E-state index in [0.29, 0.717) is 12.0 Å². The summed E-state index contributed by atoms with van der Waals surface area (Å²) in [5.74, 6) is 0.0618. The van der Waals surface area contributed by atoms with Crippen LogP contribution in [0.5, 0.6) is 0 Å². The fourth-order valence-electron chi connectivity index (χ4n) is 3.90. The summed E-state index contributed by atoms with van der Waals surface area (Å²) in [6.45, 7) is 0. The van der Waals surface area contributed by atoms with Gasteiger partial charge in [0.2, 0.25) is 5.91 Å². The van der Waals surface area contributed by atoms with E-state index in [1.54, 1.807) is 49.3 Å². The maximum absolute atomic E-state index is 12.8. The molecule has 1 unspecified atom stereocenters. The topological polar surface area (TPSA) is 52.7 Å². The summed E-state index contributed by atoms with van der Waals surface area (Å²) in [7, 11) is 7.09. The van der Waals surface area contributed by atoms with E-state index >= 15 is 0 Å². The molecule has 29 heavy (non-hydrogen) atoms. The Labute approximate surface area is 174 Å². The highest BCUT2D eigenvalue weighted by Crippen LogP contribution is 2.41. The minimum Gasteiger partial charge on any atom is -0.347 e. The van der Waals surface area contributed by atoms with Gasteiger partial charge in [-0.05, 0) is 41.1 Å². The largest absolute Gasteiger partial charge is 0.347 e. The molecule has 2 amide bonds. The molecule has 0 spiro atoms. The van der Waals surface area contributed by atoms with E-state index < -0.39 is 0 Å². The highest BCUT2D eigenvalue weighted by atomic mass is 32.1. The molecular formula is C23H25N3O2S. The van der Waals surface area contributed by atoms with Gasteiger partial charge in [-0.3, -0.25) is 14.9 Å². The van der Waals surface area contributed by atoms with E-state index in [1.807, 2.05) is 24.3 Å². The van der Waals surface area contributed by atoms with Crippen LogP contribution in [0.1, 0.15) is 32.4 Å². The molecule has 0 fully saturated rings. The van der Waals surface area contributed by atoms with Crippen molar-refractivity contribution in [3.63, 3.8) is 0 Å². The van der Waals surface area contributed by atoms with Crippen molar-refractivity contribution in [2.75, 3.05) is 28.2 Å². The first-order valence-corrected chi connectivity index (χ1v) is 10.5. The van der Waals surface area contributed by atoms with Crippen LogP contribution in [0.4, 0.5) is 0 Å². The summed E-state index contributed by atoms with van der Waals surface area (Å²) in [4.78, 5) is 29.5. The van der Waals surface area contributed by atoms with Crippen LogP contribution >= 0.6 is 11.3 Å². The minimum absolute atomic E-state index is 0.0173. The van der Waals surface area contributed by atoms with Gasteiger partial charge in [0, 0.05) is 43.3 Å². The monoisotopic (exact) mass is 407 g/mol. The lowest BCUT2D eigenvalue weighted by atomic mass is 9.90. The fourth-order valence-corrected chi connectivity index (χ4v) is 5.22. The average molecular weight is 408 g/mol. The maximum atomic E-state index is 12.8. The molecule has 0 radical (unpaired) electrons. The molecule has 4 rings (SSSR count). The maximum Gasteiger partial charge on any atom is 0.253 e. The van der Waals surface area contributed by atoms with E-state index in [4.69, 9.17) is 0 Å². The molecule has 150 valence electrons. The van der Waals surface area contributed by atoms with Crippen molar-refractivity contribution < 1.29 is 9.59 Å². The molecule has 3 aromatic rings. The molecule has 0 bridgehead atoms. The first-order valence-electron chi connectivity index (χ1n) is 9.66. The van der Waals surface area contributed by atoms with Crippen molar-refractivity contribution in [3.05, 3.63) is 70.1 Å². The number of rotatable bonds is 3. The van der Waals surface area contributed by atoms with Gasteiger partial charge in [-0.25, -0.2) is 0 Å². The van der Waals surface area contributed by atoms with Gasteiger partial charge >= 0.3 is 0 Å². The quantitative estimate of drug-likeness (QED) is 0.725. The molecule has 1 aliphatic heterocycles. The van der Waals surface area contributed by atoms with Crippen molar-refractivity contribution in [1.82, 2.24) is 15.1 Å². The van der Waals surface area contributed by atoms with E-state index in [1.165, 1.54) is 20.5 Å². The van der Waals surface area contributed by atoms with Crippen molar-refractivity contribution in [1.29, 1.82) is 0 Å². The van der Waals surface area contributed by atoms with Crippen molar-refractivity contribution in [2.24, 2.45) is 0 Å². The van der Waals surface area contributed by atoms with Crippen LogP contribution in [0.15, 0.2) is 48.5 Å². The zero-order chi connectivity index (χ0) is 20.7. The molecule has 0 aliphatic carbocycles. The first-order chi connectivity index (χ1) is 13.9. The lowest BCUT2D eigenvalue weighted by molar-refractivity contribution is -0.131. The Bertz CT molecular complexity index is 1070. The molecule has 1 aromatic heterocycles. The summed E-state index contributed by atoms with van der Waals surface area (Å²) < 4.78 is 1.24. The number of hydrogen-bond acceptors (Lipinski definition) is 4. The molecule has 1 aliphatic rings. The zero-order valence-electron chi connectivity index (χ0n) is 17.1. The molecule has 6 heteroatoms. The van der Waals surface area contributed by atoms with E-state index in [-0.39, 0.29) is 23.9 Å². The number of nitrogens with zero attached hydrogens (tertiary/aromatic N) is 2. The molecule has 5 nitrogen and oxygen atoms in total. The molecule has 0 saturated carbocycles. The summed E-state index contributed by atoms with van der Waals surface area (Å²) >= 11 is 1.78. The normalized spacial score (nSPS) is 18.3. The highest BCUT2D eigenvalue weighted by molar-refractivity contribution is 7.19. The van der Waals surface area contributed by atoms with Gasteiger partial charge in [-0.15, -0.1) is 11.3 Å². The first kappa shape index (κ1) is 19.6. The number of hydrogen-bond donors (Lipinski definition) is 1. The van der Waals surface area contributed by atoms with Gasteiger partial charge in [0.25, 0.3) is 5.91 Å². The third-order valence-electron chi connectivity index (χ3n) is 5.40. The number of amides is 2. The predicted molar refractivity (Wildman–Crippen MR) is 117 cm³/mol. The number of thiophene rings is 1. The number of carbonyl (C=O) groups excluding carboxylic acids is 2. The van der Waals surface area contributed by atoms with E-state index in [0.717, 1.165) is 5.56 Å². The lowest BCUT2D eigenvalue weighted by Crippen LogP contribution is -2.49. The van der Waals surface area contributed by atoms with Gasteiger partial charge in [0.05, 0.1) is 12.1 Å². The van der Waals surface area contributed by atoms with Crippen LogP contribution in [0, 0.1) is 0 Å². The summed E-state index contributed by atoms with van der Waals surface area (Å²) in [5.41, 5.74) is 2.97. The summed E-state index contributed by atoms with van der Waals surface area (Å²) in [6.07, 6.45) is 0.685. The zero-order valence-corrected chi connectivity index (χ0v) is 17.9. The van der Waals surface area contributed by atoms with Crippen LogP contribution in [0.25, 0.3) is 10.1 Å². The highest BCUT2D eigenvalue weighted by Gasteiger charge is 2.34. The van der Waals surface area contributed by atoms with Gasteiger partial charge in [0.15, 0.2) is 0 Å². The van der Waals surface area contributed by atoms with Gasteiger partial charge < -0.3 is 9.80 Å². The van der Waals surface area contributed by atoms with Gasteiger partial charge in [0.1, 0.15) is 0 Å². The Morgan fingerprint density at radius 2 is 1.66 bits per heavy atom. The SMILES string of the molecule is CN(C)C(=O)c1ccc(C2N[C@@H](C(=O)N(C)C)Cc3c2sc2ccccc32)cc1. The van der Waals surface area contributed by atoms with Gasteiger partial charge in [-0.2, -0.15) is 0 Å². The Morgan fingerprint density at radius 3 is 2.31 bits per heavy atom. The minimum atomic E-state index is -0.274. The van der Waals surface area contributed by atoms with E-state index in [2.05, 4.69) is 29.6 Å². The van der Waals surface area contributed by atoms with Crippen molar-refractivity contribution >= 4 is 33.2 Å². The Hall–Kier alpha value is -2.70. The summed E-state index contributed by atoms with van der Waals surface area (Å²) in [5, 5.41) is 4.79. The molecular weight excluding hydrogens is 382 g/mol. The number of benzene rings is 2. The van der Waals surface area contributed by atoms with Crippen LogP contribution < -0.4 is 5.32 Å². The Kier molecular flexibility index (Phi) is 5.15. The average Bonchev–Trinajstić information content (AvgIpc) is 3.10. The Morgan fingerprint density at radius 1 is 0.966 bits per heavy atom. The fraction of sp³-hybridized carbons (Fsp3) is 0.304. The standard InChI is InChI=1S/C23H25N3O2S/c1-25(2)22(27)15-11-9-14(10-12-15)20-21-17(13-18(24-20)23(28)26(3)4)16-7-5-6-8-19(16)29-21/h5-12,18,20,24H,13H2,1-4H3/t18-,20?/m1/s1. The summed E-state index contributed by atoms with van der Waals surface area (Å²) in [6, 6.07) is 15.7. The second-order valence-electron chi connectivity index (χ2n) is 7.85. The predicted octanol–water partition coefficient (Wildman–Crippen LogP) is 3.30. The van der Waals surface area contributed by atoms with Crippen LogP contribution in [-0.4, -0.2) is 55.8 Å². The van der Waals surface area contributed by atoms with Crippen LogP contribution in [0.2, 0.25) is 0 Å². The number of fused-ring (bicyclic) bond motifs is 3. The van der Waals surface area contributed by atoms with Crippen molar-refractivity contribution in [3.8, 4) is 0 Å². The Balaban J connectivity index is 1.78. The molecule has 2 heterocycles.